The fourth-order valence-electron chi connectivity index (χ4n) is 9.99. The molecule has 5 fully saturated rings. The van der Waals surface area contributed by atoms with Crippen molar-refractivity contribution in [2.45, 2.75) is 122 Å². The molecule has 8 N–H and O–H groups in total. The van der Waals surface area contributed by atoms with Crippen LogP contribution in [0.25, 0.3) is 22.3 Å². The molecule has 57 heavy (non-hydrogen) atoms. The number of nitrogen functional groups attached to an aromatic ring is 2. The molecule has 312 valence electrons. The first-order chi connectivity index (χ1) is 26.7. The Hall–Kier alpha value is -3.16. The van der Waals surface area contributed by atoms with Crippen molar-refractivity contribution in [2.24, 2.45) is 22.7 Å². The predicted molar refractivity (Wildman–Crippen MR) is 206 cm³/mol. The molecule has 4 saturated carbocycles. The van der Waals surface area contributed by atoms with Crippen LogP contribution in [0.5, 0.6) is 0 Å². The standard InChI is InChI=1S/C22H34N5O5P.C13H18N5O5P/c1-12(2)31-33(28,32-13(3)4)8-7-22-9-14(22)16(17-18(22)30-21(5,6)29-17)27-11-26-15-19(23)24-10-25-20(15)27;14-11-7-12(16-4-15-11)18(5-17-7)8-6-3-13(6,10(20)9(8)19)1-2-24(21,22)23/h10-14,16-18H,7-9H2,1-6H3,(H2,23,24,25);4-6,8-10,19-20H,1-3H2,(H2,14,15,16)(H2,21,22,23)/t14-,16-,17+,18+,22-;6-,8-,9+,10+,13-/m11/s1. The highest BCUT2D eigenvalue weighted by Crippen LogP contribution is 2.74. The molecule has 0 unspecified atom stereocenters. The van der Waals surface area contributed by atoms with Crippen molar-refractivity contribution in [1.29, 1.82) is 0 Å². The number of imidazole rings is 2. The summed E-state index contributed by atoms with van der Waals surface area (Å²) in [5.74, 6) is 0.0732. The number of nitrogens with zero attached hydrogens (tertiary/aromatic N) is 8. The number of hydrogen-bond donors (Lipinski definition) is 6. The van der Waals surface area contributed by atoms with Gasteiger partial charge in [-0.3, -0.25) is 9.13 Å². The van der Waals surface area contributed by atoms with Gasteiger partial charge in [-0.15, -0.1) is 0 Å². The first kappa shape index (κ1) is 40.6. The van der Waals surface area contributed by atoms with E-state index < -0.39 is 44.6 Å². The van der Waals surface area contributed by atoms with Crippen molar-refractivity contribution in [1.82, 2.24) is 39.0 Å². The largest absolute Gasteiger partial charge is 0.390 e. The lowest BCUT2D eigenvalue weighted by molar-refractivity contribution is -0.161. The van der Waals surface area contributed by atoms with Crippen LogP contribution < -0.4 is 11.5 Å². The Morgan fingerprint density at radius 1 is 0.789 bits per heavy atom. The molecule has 9 rings (SSSR count). The number of hydrogen-bond acceptors (Lipinski definition) is 16. The van der Waals surface area contributed by atoms with Crippen molar-refractivity contribution in [3.8, 4) is 0 Å². The second kappa shape index (κ2) is 14.0. The molecule has 0 bridgehead atoms. The summed E-state index contributed by atoms with van der Waals surface area (Å²) in [6.07, 6.45) is 5.72. The van der Waals surface area contributed by atoms with Crippen molar-refractivity contribution >= 4 is 49.2 Å². The van der Waals surface area contributed by atoms with Gasteiger partial charge in [-0.05, 0) is 79.1 Å². The van der Waals surface area contributed by atoms with Gasteiger partial charge in [-0.1, -0.05) is 0 Å². The molecule has 4 aliphatic carbocycles. The lowest BCUT2D eigenvalue weighted by Gasteiger charge is -2.27. The first-order valence-electron chi connectivity index (χ1n) is 19.3. The molecule has 1 saturated heterocycles. The Bertz CT molecular complexity index is 2250. The Balaban J connectivity index is 0.000000168. The fourth-order valence-corrected chi connectivity index (χ4v) is 12.9. The van der Waals surface area contributed by atoms with Gasteiger partial charge in [0.1, 0.15) is 35.9 Å². The van der Waals surface area contributed by atoms with Gasteiger partial charge in [0.15, 0.2) is 28.7 Å². The summed E-state index contributed by atoms with van der Waals surface area (Å²) in [6.45, 7) is 11.4. The predicted octanol–water partition coefficient (Wildman–Crippen LogP) is 3.18. The maximum atomic E-state index is 13.5. The van der Waals surface area contributed by atoms with Gasteiger partial charge >= 0.3 is 15.2 Å². The number of ether oxygens (including phenoxy) is 2. The van der Waals surface area contributed by atoms with Crippen LogP contribution in [0.2, 0.25) is 0 Å². The highest BCUT2D eigenvalue weighted by atomic mass is 31.2. The van der Waals surface area contributed by atoms with E-state index in [0.717, 1.165) is 6.42 Å². The van der Waals surface area contributed by atoms with Crippen LogP contribution in [0.15, 0.2) is 25.3 Å². The highest BCUT2D eigenvalue weighted by molar-refractivity contribution is 7.53. The second-order valence-corrected chi connectivity index (χ2v) is 21.1. The maximum absolute atomic E-state index is 13.5. The van der Waals surface area contributed by atoms with Gasteiger partial charge in [0.25, 0.3) is 0 Å². The van der Waals surface area contributed by atoms with Gasteiger partial charge in [0, 0.05) is 10.8 Å². The molecule has 5 aliphatic rings. The monoisotopic (exact) mass is 834 g/mol. The normalized spacial score (nSPS) is 33.8. The van der Waals surface area contributed by atoms with Gasteiger partial charge < -0.3 is 59.1 Å². The summed E-state index contributed by atoms with van der Waals surface area (Å²) >= 11 is 0. The van der Waals surface area contributed by atoms with Crippen LogP contribution in [-0.2, 0) is 27.7 Å². The number of rotatable bonds is 12. The minimum atomic E-state index is -4.15. The van der Waals surface area contributed by atoms with E-state index in [9.17, 15) is 19.3 Å². The average Bonchev–Trinajstić information content (AvgIpc) is 3.69. The summed E-state index contributed by atoms with van der Waals surface area (Å²) in [7, 11) is -7.40. The number of aliphatic hydroxyl groups excluding tert-OH is 2. The third-order valence-electron chi connectivity index (χ3n) is 12.4. The molecule has 20 nitrogen and oxygen atoms in total. The molecule has 4 aromatic rings. The van der Waals surface area contributed by atoms with Crippen LogP contribution in [0, 0.1) is 22.7 Å². The topological polar surface area (TPSA) is 291 Å². The average molecular weight is 835 g/mol. The quantitative estimate of drug-likeness (QED) is 0.112. The molecule has 0 radical (unpaired) electrons. The van der Waals surface area contributed by atoms with Gasteiger partial charge in [0.05, 0.1) is 61.5 Å². The third kappa shape index (κ3) is 7.09. The second-order valence-electron chi connectivity index (χ2n) is 17.2. The number of fused-ring (bicyclic) bond motifs is 6. The number of anilines is 2. The third-order valence-corrected chi connectivity index (χ3v) is 15.4. The zero-order chi connectivity index (χ0) is 41.0. The van der Waals surface area contributed by atoms with Gasteiger partial charge in [-0.2, -0.15) is 0 Å². The zero-order valence-corrected chi connectivity index (χ0v) is 34.5. The van der Waals surface area contributed by atoms with Crippen LogP contribution in [0.1, 0.15) is 79.3 Å². The van der Waals surface area contributed by atoms with Crippen molar-refractivity contribution in [3.63, 3.8) is 0 Å². The van der Waals surface area contributed by atoms with E-state index >= 15 is 0 Å². The van der Waals surface area contributed by atoms with E-state index in [1.165, 1.54) is 19.0 Å². The van der Waals surface area contributed by atoms with Crippen LogP contribution in [0.4, 0.5) is 11.6 Å². The SMILES string of the molecule is CC(C)OP(=O)(CC[C@@]12C[C@@H]1[C@@H](n1cnc3c(N)ncnc31)[C@@H]1OC(C)(C)O[C@@H]12)OC(C)C.Nc1ncnc2c1ncn2[C@H]1[C@H](O)[C@H](O)[C@]2(CCP(=O)(O)O)C[C@H]12. The Morgan fingerprint density at radius 3 is 1.84 bits per heavy atom. The summed E-state index contributed by atoms with van der Waals surface area (Å²) in [5.41, 5.74) is 13.1. The van der Waals surface area contributed by atoms with Crippen LogP contribution >= 0.6 is 15.2 Å². The van der Waals surface area contributed by atoms with E-state index in [1.54, 1.807) is 10.9 Å². The number of nitrogens with two attached hydrogens (primary N) is 2. The van der Waals surface area contributed by atoms with Crippen molar-refractivity contribution in [2.75, 3.05) is 23.8 Å². The van der Waals surface area contributed by atoms with Crippen molar-refractivity contribution < 1.29 is 47.7 Å². The molecule has 0 spiro atoms. The molecule has 10 atom stereocenters. The van der Waals surface area contributed by atoms with Crippen LogP contribution in [-0.4, -0.2) is 114 Å². The molecule has 4 aromatic heterocycles. The molecule has 1 aliphatic heterocycles. The zero-order valence-electron chi connectivity index (χ0n) is 32.7. The molecular formula is C35H52N10O10P2. The van der Waals surface area contributed by atoms with E-state index in [1.807, 2.05) is 41.5 Å². The molecule has 0 amide bonds. The number of aromatic nitrogens is 8. The summed E-state index contributed by atoms with van der Waals surface area (Å²) in [5, 5.41) is 20.9. The molecule has 0 aromatic carbocycles. The molecular weight excluding hydrogens is 782 g/mol. The Labute approximate surface area is 328 Å². The Kier molecular flexibility index (Phi) is 9.95. The molecule has 22 heteroatoms. The summed E-state index contributed by atoms with van der Waals surface area (Å²) < 4.78 is 52.9. The summed E-state index contributed by atoms with van der Waals surface area (Å²) in [4.78, 5) is 43.4. The van der Waals surface area contributed by atoms with E-state index in [-0.39, 0.29) is 66.1 Å². The van der Waals surface area contributed by atoms with Gasteiger partial charge in [0.2, 0.25) is 0 Å². The van der Waals surface area contributed by atoms with E-state index in [0.29, 0.717) is 47.1 Å². The highest BCUT2D eigenvalue weighted by Gasteiger charge is 2.76. The van der Waals surface area contributed by atoms with Gasteiger partial charge in [-0.25, -0.2) is 29.9 Å². The van der Waals surface area contributed by atoms with Crippen molar-refractivity contribution in [3.05, 3.63) is 25.3 Å². The smallest absolute Gasteiger partial charge is 0.331 e. The van der Waals surface area contributed by atoms with E-state index in [4.69, 9.17) is 39.8 Å². The Morgan fingerprint density at radius 2 is 1.30 bits per heavy atom. The minimum absolute atomic E-state index is 0.00695. The minimum Gasteiger partial charge on any atom is -0.390 e. The van der Waals surface area contributed by atoms with E-state index in [2.05, 4.69) is 34.5 Å². The maximum Gasteiger partial charge on any atom is 0.331 e. The lowest BCUT2D eigenvalue weighted by atomic mass is 9.96. The van der Waals surface area contributed by atoms with Crippen LogP contribution in [0.3, 0.4) is 0 Å². The molecule has 5 heterocycles. The fraction of sp³-hybridized carbons (Fsp3) is 0.714. The lowest BCUT2D eigenvalue weighted by Crippen LogP contribution is -2.34. The first-order valence-corrected chi connectivity index (χ1v) is 22.8. The summed E-state index contributed by atoms with van der Waals surface area (Å²) in [6, 6.07) is -0.469. The number of aliphatic hydroxyl groups is 2.